The van der Waals surface area contributed by atoms with Crippen molar-refractivity contribution < 1.29 is 5.11 Å². The van der Waals surface area contributed by atoms with Crippen molar-refractivity contribution in [2.24, 2.45) is 0 Å². The van der Waals surface area contributed by atoms with Crippen LogP contribution in [0.25, 0.3) is 0 Å². The van der Waals surface area contributed by atoms with Gasteiger partial charge in [-0.2, -0.15) is 0 Å². The van der Waals surface area contributed by atoms with E-state index >= 15 is 0 Å². The van der Waals surface area contributed by atoms with E-state index in [4.69, 9.17) is 11.6 Å². The van der Waals surface area contributed by atoms with Gasteiger partial charge >= 0.3 is 0 Å². The molecule has 0 radical (unpaired) electrons. The van der Waals surface area contributed by atoms with Crippen LogP contribution in [-0.2, 0) is 12.8 Å². The molecule has 0 aromatic heterocycles. The maximum atomic E-state index is 10.2. The van der Waals surface area contributed by atoms with Crippen LogP contribution in [0.15, 0.2) is 42.5 Å². The fraction of sp³-hybridized carbons (Fsp3) is 0.294. The van der Waals surface area contributed by atoms with Gasteiger partial charge in [-0.3, -0.25) is 0 Å². The molecule has 2 heteroatoms. The molecule has 2 rings (SSSR count). The van der Waals surface area contributed by atoms with Crippen molar-refractivity contribution in [3.05, 3.63) is 69.7 Å². The van der Waals surface area contributed by atoms with Crippen molar-refractivity contribution in [3.8, 4) is 0 Å². The van der Waals surface area contributed by atoms with Crippen LogP contribution in [0.3, 0.4) is 0 Å². The molecule has 1 nitrogen and oxygen atoms in total. The molecule has 0 heterocycles. The fourth-order valence-corrected chi connectivity index (χ4v) is 2.55. The molecule has 1 N–H and O–H groups in total. The molecule has 0 aliphatic rings. The van der Waals surface area contributed by atoms with Crippen LogP contribution in [-0.4, -0.2) is 11.2 Å². The summed E-state index contributed by atoms with van der Waals surface area (Å²) in [5.74, 6) is 0. The van der Waals surface area contributed by atoms with Crippen LogP contribution in [0.2, 0.25) is 5.02 Å². The number of aryl methyl sites for hydroxylation is 2. The van der Waals surface area contributed by atoms with Crippen molar-refractivity contribution in [2.75, 3.05) is 0 Å². The number of aliphatic hydroxyl groups is 1. The summed E-state index contributed by atoms with van der Waals surface area (Å²) in [4.78, 5) is 0. The first-order chi connectivity index (χ1) is 9.02. The Morgan fingerprint density at radius 3 is 2.00 bits per heavy atom. The molecule has 0 saturated carbocycles. The lowest BCUT2D eigenvalue weighted by Gasteiger charge is -2.12. The van der Waals surface area contributed by atoms with E-state index in [0.29, 0.717) is 12.8 Å². The van der Waals surface area contributed by atoms with E-state index in [9.17, 15) is 5.11 Å². The average molecular weight is 275 g/mol. The highest BCUT2D eigenvalue weighted by Gasteiger charge is 2.07. The van der Waals surface area contributed by atoms with Gasteiger partial charge in [0.25, 0.3) is 0 Å². The zero-order valence-corrected chi connectivity index (χ0v) is 12.1. The van der Waals surface area contributed by atoms with Gasteiger partial charge in [0, 0.05) is 5.02 Å². The summed E-state index contributed by atoms with van der Waals surface area (Å²) in [6.45, 7) is 4.17. The average Bonchev–Trinajstić information content (AvgIpc) is 2.30. The summed E-state index contributed by atoms with van der Waals surface area (Å²) in [7, 11) is 0. The molecule has 0 aliphatic heterocycles. The molecule has 1 unspecified atom stereocenters. The summed E-state index contributed by atoms with van der Waals surface area (Å²) in [6.07, 6.45) is 0.984. The van der Waals surface area contributed by atoms with Crippen molar-refractivity contribution in [1.29, 1.82) is 0 Å². The lowest BCUT2D eigenvalue weighted by atomic mass is 9.99. The molecule has 2 aromatic carbocycles. The predicted molar refractivity (Wildman–Crippen MR) is 80.8 cm³/mol. The van der Waals surface area contributed by atoms with E-state index in [1.807, 2.05) is 24.3 Å². The highest BCUT2D eigenvalue weighted by molar-refractivity contribution is 6.30. The van der Waals surface area contributed by atoms with Gasteiger partial charge < -0.3 is 5.11 Å². The minimum absolute atomic E-state index is 0.359. The second-order valence-electron chi connectivity index (χ2n) is 5.18. The first-order valence-corrected chi connectivity index (χ1v) is 6.90. The van der Waals surface area contributed by atoms with Gasteiger partial charge in [-0.15, -0.1) is 0 Å². The molecule has 0 spiro atoms. The Hall–Kier alpha value is -1.31. The number of rotatable bonds is 4. The standard InChI is InChI=1S/C17H19ClO/c1-12-7-13(2)9-15(8-12)11-17(19)10-14-3-5-16(18)6-4-14/h3-9,17,19H,10-11H2,1-2H3. The summed E-state index contributed by atoms with van der Waals surface area (Å²) in [6, 6.07) is 14.1. The fourth-order valence-electron chi connectivity index (χ4n) is 2.42. The summed E-state index contributed by atoms with van der Waals surface area (Å²) in [5, 5.41) is 10.9. The number of benzene rings is 2. The molecule has 19 heavy (non-hydrogen) atoms. The van der Waals surface area contributed by atoms with Crippen molar-refractivity contribution in [3.63, 3.8) is 0 Å². The van der Waals surface area contributed by atoms with Gasteiger partial charge in [-0.05, 0) is 49.9 Å². The van der Waals surface area contributed by atoms with Crippen LogP contribution in [0.5, 0.6) is 0 Å². The Morgan fingerprint density at radius 1 is 0.895 bits per heavy atom. The lowest BCUT2D eigenvalue weighted by Crippen LogP contribution is -2.14. The Labute approximate surface area is 119 Å². The first-order valence-electron chi connectivity index (χ1n) is 6.52. The maximum Gasteiger partial charge on any atom is 0.0620 e. The highest BCUT2D eigenvalue weighted by Crippen LogP contribution is 2.15. The minimum atomic E-state index is -0.359. The van der Waals surface area contributed by atoms with Gasteiger partial charge in [-0.1, -0.05) is 53.1 Å². The molecule has 100 valence electrons. The number of halogens is 1. The van der Waals surface area contributed by atoms with Gasteiger partial charge in [0.05, 0.1) is 6.10 Å². The van der Waals surface area contributed by atoms with Crippen LogP contribution in [0.1, 0.15) is 22.3 Å². The predicted octanol–water partition coefficient (Wildman–Crippen LogP) is 4.10. The summed E-state index contributed by atoms with van der Waals surface area (Å²) < 4.78 is 0. The quantitative estimate of drug-likeness (QED) is 0.890. The van der Waals surface area contributed by atoms with E-state index < -0.39 is 0 Å². The SMILES string of the molecule is Cc1cc(C)cc(CC(O)Cc2ccc(Cl)cc2)c1. The van der Waals surface area contributed by atoms with E-state index in [1.165, 1.54) is 16.7 Å². The highest BCUT2D eigenvalue weighted by atomic mass is 35.5. The van der Waals surface area contributed by atoms with Crippen LogP contribution >= 0.6 is 11.6 Å². The van der Waals surface area contributed by atoms with E-state index in [0.717, 1.165) is 10.6 Å². The molecule has 0 aliphatic carbocycles. The normalized spacial score (nSPS) is 12.4. The van der Waals surface area contributed by atoms with Crippen LogP contribution < -0.4 is 0 Å². The second-order valence-corrected chi connectivity index (χ2v) is 5.62. The van der Waals surface area contributed by atoms with Crippen LogP contribution in [0, 0.1) is 13.8 Å². The molecule has 0 amide bonds. The molecular weight excluding hydrogens is 256 g/mol. The molecule has 1 atom stereocenters. The van der Waals surface area contributed by atoms with Crippen molar-refractivity contribution >= 4 is 11.6 Å². The van der Waals surface area contributed by atoms with Crippen LogP contribution in [0.4, 0.5) is 0 Å². The zero-order chi connectivity index (χ0) is 13.8. The monoisotopic (exact) mass is 274 g/mol. The Kier molecular flexibility index (Phi) is 4.62. The van der Waals surface area contributed by atoms with E-state index in [-0.39, 0.29) is 6.10 Å². The third kappa shape index (κ3) is 4.38. The van der Waals surface area contributed by atoms with Gasteiger partial charge in [0.2, 0.25) is 0 Å². The van der Waals surface area contributed by atoms with Gasteiger partial charge in [0.1, 0.15) is 0 Å². The minimum Gasteiger partial charge on any atom is -0.392 e. The third-order valence-electron chi connectivity index (χ3n) is 3.14. The number of hydrogen-bond donors (Lipinski definition) is 1. The second kappa shape index (κ2) is 6.23. The molecule has 0 saturated heterocycles. The maximum absolute atomic E-state index is 10.2. The molecular formula is C17H19ClO. The van der Waals surface area contributed by atoms with Crippen molar-refractivity contribution in [2.45, 2.75) is 32.8 Å². The largest absolute Gasteiger partial charge is 0.392 e. The lowest BCUT2D eigenvalue weighted by molar-refractivity contribution is 0.175. The number of hydrogen-bond acceptors (Lipinski definition) is 1. The first kappa shape index (κ1) is 14.1. The Bertz CT molecular complexity index is 525. The summed E-state index contributed by atoms with van der Waals surface area (Å²) >= 11 is 5.85. The zero-order valence-electron chi connectivity index (χ0n) is 11.4. The summed E-state index contributed by atoms with van der Waals surface area (Å²) in [5.41, 5.74) is 4.79. The van der Waals surface area contributed by atoms with E-state index in [2.05, 4.69) is 32.0 Å². The van der Waals surface area contributed by atoms with Crippen molar-refractivity contribution in [1.82, 2.24) is 0 Å². The van der Waals surface area contributed by atoms with Gasteiger partial charge in [0.15, 0.2) is 0 Å². The molecule has 2 aromatic rings. The topological polar surface area (TPSA) is 20.2 Å². The number of aliphatic hydroxyl groups excluding tert-OH is 1. The van der Waals surface area contributed by atoms with E-state index in [1.54, 1.807) is 0 Å². The smallest absolute Gasteiger partial charge is 0.0620 e. The third-order valence-corrected chi connectivity index (χ3v) is 3.39. The van der Waals surface area contributed by atoms with Gasteiger partial charge in [-0.25, -0.2) is 0 Å². The molecule has 0 bridgehead atoms. The Morgan fingerprint density at radius 2 is 1.42 bits per heavy atom. The Balaban J connectivity index is 2.00. The molecule has 0 fully saturated rings.